The molecule has 2 aromatic heterocycles. The summed E-state index contributed by atoms with van der Waals surface area (Å²) in [4.78, 5) is 4.41. The maximum atomic E-state index is 12.3. The van der Waals surface area contributed by atoms with E-state index >= 15 is 0 Å². The molecule has 0 saturated heterocycles. The second kappa shape index (κ2) is 6.76. The lowest BCUT2D eigenvalue weighted by Crippen LogP contribution is -2.23. The molecule has 0 aliphatic carbocycles. The fraction of sp³-hybridized carbons (Fsp3) is 0.118. The summed E-state index contributed by atoms with van der Waals surface area (Å²) in [6, 6.07) is 11.8. The third-order valence-electron chi connectivity index (χ3n) is 3.52. The van der Waals surface area contributed by atoms with Gasteiger partial charge in [0.05, 0.1) is 11.2 Å². The van der Waals surface area contributed by atoms with Gasteiger partial charge in [0.15, 0.2) is 5.76 Å². The third kappa shape index (κ3) is 3.67. The molecule has 3 aromatic rings. The number of benzene rings is 1. The first kappa shape index (κ1) is 16.7. The Kier molecular flexibility index (Phi) is 4.71. The lowest BCUT2D eigenvalue weighted by atomic mass is 10.2. The van der Waals surface area contributed by atoms with E-state index in [-0.39, 0.29) is 11.4 Å². The van der Waals surface area contributed by atoms with Crippen LogP contribution in [0.1, 0.15) is 11.1 Å². The van der Waals surface area contributed by atoms with E-state index in [1.807, 2.05) is 13.0 Å². The van der Waals surface area contributed by atoms with Crippen LogP contribution in [0.25, 0.3) is 11.5 Å². The molecule has 0 spiro atoms. The number of rotatable bonds is 5. The van der Waals surface area contributed by atoms with E-state index in [1.54, 1.807) is 36.7 Å². The third-order valence-corrected chi connectivity index (χ3v) is 5.32. The minimum atomic E-state index is -3.63. The quantitative estimate of drug-likeness (QED) is 0.749. The maximum absolute atomic E-state index is 12.3. The molecule has 24 heavy (non-hydrogen) atoms. The van der Waals surface area contributed by atoms with Gasteiger partial charge in [-0.3, -0.25) is 4.98 Å². The van der Waals surface area contributed by atoms with Gasteiger partial charge in [-0.25, -0.2) is 13.1 Å². The Labute approximate surface area is 145 Å². The van der Waals surface area contributed by atoms with Gasteiger partial charge in [0.1, 0.15) is 5.69 Å². The molecule has 0 atom stereocenters. The SMILES string of the molecule is Cc1ccc(S(=O)(=O)NCc2ccc(-c3ccco3)nc2)cc1Cl. The van der Waals surface area contributed by atoms with Crippen molar-refractivity contribution in [1.29, 1.82) is 0 Å². The van der Waals surface area contributed by atoms with Gasteiger partial charge in [0.2, 0.25) is 10.0 Å². The first-order chi connectivity index (χ1) is 11.5. The zero-order chi connectivity index (χ0) is 17.2. The van der Waals surface area contributed by atoms with Gasteiger partial charge >= 0.3 is 0 Å². The Morgan fingerprint density at radius 2 is 2.04 bits per heavy atom. The zero-order valence-electron chi connectivity index (χ0n) is 12.9. The molecule has 2 heterocycles. The molecule has 0 fully saturated rings. The van der Waals surface area contributed by atoms with Gasteiger partial charge in [-0.05, 0) is 48.4 Å². The molecule has 0 aliphatic heterocycles. The second-order valence-corrected chi connectivity index (χ2v) is 7.44. The van der Waals surface area contributed by atoms with Gasteiger partial charge in [-0.2, -0.15) is 0 Å². The van der Waals surface area contributed by atoms with Crippen molar-refractivity contribution in [3.8, 4) is 11.5 Å². The van der Waals surface area contributed by atoms with Crippen molar-refractivity contribution in [2.75, 3.05) is 0 Å². The molecule has 0 bridgehead atoms. The molecule has 3 rings (SSSR count). The van der Waals surface area contributed by atoms with Crippen LogP contribution >= 0.6 is 11.6 Å². The minimum absolute atomic E-state index is 0.137. The fourth-order valence-corrected chi connectivity index (χ4v) is 3.39. The number of sulfonamides is 1. The van der Waals surface area contributed by atoms with E-state index < -0.39 is 10.0 Å². The monoisotopic (exact) mass is 362 g/mol. The minimum Gasteiger partial charge on any atom is -0.463 e. The summed E-state index contributed by atoms with van der Waals surface area (Å²) < 4.78 is 32.4. The lowest BCUT2D eigenvalue weighted by molar-refractivity contribution is 0.578. The van der Waals surface area contributed by atoms with Crippen LogP contribution in [-0.2, 0) is 16.6 Å². The van der Waals surface area contributed by atoms with E-state index in [9.17, 15) is 8.42 Å². The standard InChI is InChI=1S/C17H15ClN2O3S/c1-12-4-6-14(9-15(12)18)24(21,22)20-11-13-5-7-16(19-10-13)17-3-2-8-23-17/h2-10,20H,11H2,1H3. The van der Waals surface area contributed by atoms with Gasteiger partial charge in [0.25, 0.3) is 0 Å². The molecule has 0 unspecified atom stereocenters. The van der Waals surface area contributed by atoms with Crippen molar-refractivity contribution in [1.82, 2.24) is 9.71 Å². The van der Waals surface area contributed by atoms with E-state index in [0.29, 0.717) is 16.5 Å². The average Bonchev–Trinajstić information content (AvgIpc) is 3.10. The van der Waals surface area contributed by atoms with E-state index in [2.05, 4.69) is 9.71 Å². The molecule has 0 radical (unpaired) electrons. The summed E-state index contributed by atoms with van der Waals surface area (Å²) in [6.07, 6.45) is 3.19. The van der Waals surface area contributed by atoms with Crippen LogP contribution in [0.5, 0.6) is 0 Å². The van der Waals surface area contributed by atoms with Crippen molar-refractivity contribution >= 4 is 21.6 Å². The van der Waals surface area contributed by atoms with Gasteiger partial charge in [0, 0.05) is 17.8 Å². The smallest absolute Gasteiger partial charge is 0.240 e. The topological polar surface area (TPSA) is 72.2 Å². The number of hydrogen-bond donors (Lipinski definition) is 1. The van der Waals surface area contributed by atoms with Crippen LogP contribution in [0.15, 0.2) is 64.2 Å². The molecular weight excluding hydrogens is 348 g/mol. The van der Waals surface area contributed by atoms with Crippen LogP contribution in [0, 0.1) is 6.92 Å². The highest BCUT2D eigenvalue weighted by atomic mass is 35.5. The Bertz CT molecular complexity index is 936. The fourth-order valence-electron chi connectivity index (χ4n) is 2.10. The van der Waals surface area contributed by atoms with E-state index in [4.69, 9.17) is 16.0 Å². The van der Waals surface area contributed by atoms with Gasteiger partial charge < -0.3 is 4.42 Å². The van der Waals surface area contributed by atoms with E-state index in [1.165, 1.54) is 12.1 Å². The number of aromatic nitrogens is 1. The summed E-state index contributed by atoms with van der Waals surface area (Å²) in [6.45, 7) is 1.96. The van der Waals surface area contributed by atoms with Crippen molar-refractivity contribution in [3.63, 3.8) is 0 Å². The Morgan fingerprint density at radius 1 is 1.21 bits per heavy atom. The number of pyridine rings is 1. The molecule has 0 amide bonds. The second-order valence-electron chi connectivity index (χ2n) is 5.26. The van der Waals surface area contributed by atoms with Crippen LogP contribution in [0.3, 0.4) is 0 Å². The van der Waals surface area contributed by atoms with Gasteiger partial charge in [-0.15, -0.1) is 0 Å². The summed E-state index contributed by atoms with van der Waals surface area (Å²) >= 11 is 5.99. The predicted molar refractivity (Wildman–Crippen MR) is 92.2 cm³/mol. The highest BCUT2D eigenvalue weighted by Crippen LogP contribution is 2.20. The van der Waals surface area contributed by atoms with Crippen molar-refractivity contribution in [3.05, 3.63) is 71.1 Å². The molecule has 124 valence electrons. The Balaban J connectivity index is 1.71. The molecule has 5 nitrogen and oxygen atoms in total. The lowest BCUT2D eigenvalue weighted by Gasteiger charge is -2.08. The van der Waals surface area contributed by atoms with Crippen LogP contribution in [0.2, 0.25) is 5.02 Å². The molecule has 7 heteroatoms. The summed E-state index contributed by atoms with van der Waals surface area (Å²) in [5.74, 6) is 0.663. The highest BCUT2D eigenvalue weighted by molar-refractivity contribution is 7.89. The van der Waals surface area contributed by atoms with Crippen LogP contribution < -0.4 is 4.72 Å². The number of aryl methyl sites for hydroxylation is 1. The number of hydrogen-bond acceptors (Lipinski definition) is 4. The summed E-state index contributed by atoms with van der Waals surface area (Å²) in [5, 5.41) is 0.419. The molecule has 1 aromatic carbocycles. The van der Waals surface area contributed by atoms with Crippen molar-refractivity contribution in [2.24, 2.45) is 0 Å². The first-order valence-corrected chi connectivity index (χ1v) is 9.06. The van der Waals surface area contributed by atoms with E-state index in [0.717, 1.165) is 11.1 Å². The molecule has 0 aliphatic rings. The zero-order valence-corrected chi connectivity index (χ0v) is 14.4. The number of nitrogens with zero attached hydrogens (tertiary/aromatic N) is 1. The largest absolute Gasteiger partial charge is 0.463 e. The van der Waals surface area contributed by atoms with Crippen molar-refractivity contribution < 1.29 is 12.8 Å². The normalized spacial score (nSPS) is 11.6. The van der Waals surface area contributed by atoms with Crippen LogP contribution in [-0.4, -0.2) is 13.4 Å². The number of halogens is 1. The molecule has 1 N–H and O–H groups in total. The van der Waals surface area contributed by atoms with Crippen molar-refractivity contribution in [2.45, 2.75) is 18.4 Å². The Hall–Kier alpha value is -2.15. The maximum Gasteiger partial charge on any atom is 0.240 e. The Morgan fingerprint density at radius 3 is 2.67 bits per heavy atom. The molecular formula is C17H15ClN2O3S. The van der Waals surface area contributed by atoms with Gasteiger partial charge in [-0.1, -0.05) is 23.7 Å². The van der Waals surface area contributed by atoms with Crippen LogP contribution in [0.4, 0.5) is 0 Å². The molecule has 0 saturated carbocycles. The summed E-state index contributed by atoms with van der Waals surface area (Å²) in [5.41, 5.74) is 2.26. The predicted octanol–water partition coefficient (Wildman–Crippen LogP) is 3.78. The summed E-state index contributed by atoms with van der Waals surface area (Å²) in [7, 11) is -3.63. The highest BCUT2D eigenvalue weighted by Gasteiger charge is 2.15. The first-order valence-electron chi connectivity index (χ1n) is 7.20. The average molecular weight is 363 g/mol. The number of nitrogens with one attached hydrogen (secondary N) is 1. The number of furan rings is 1.